The van der Waals surface area contributed by atoms with Gasteiger partial charge in [0.15, 0.2) is 0 Å². The van der Waals surface area contributed by atoms with Gasteiger partial charge in [-0.1, -0.05) is 25.0 Å². The molecule has 2 aliphatic rings. The first kappa shape index (κ1) is 13.7. The smallest absolute Gasteiger partial charge is 0.261 e. The van der Waals surface area contributed by atoms with Gasteiger partial charge in [-0.2, -0.15) is 0 Å². The number of alkyl halides is 1. The summed E-state index contributed by atoms with van der Waals surface area (Å²) in [4.78, 5) is 26.7. The predicted octanol–water partition coefficient (Wildman–Crippen LogP) is 2.12. The third kappa shape index (κ3) is 3.20. The molecule has 0 radical (unpaired) electrons. The minimum atomic E-state index is -0.386. The molecule has 0 saturated heterocycles. The molecule has 1 atom stereocenters. The Balaban J connectivity index is 2.27. The number of hydrogen-bond acceptors (Lipinski definition) is 2. The van der Waals surface area contributed by atoms with Crippen molar-refractivity contribution in [2.75, 3.05) is 5.88 Å². The van der Waals surface area contributed by atoms with Crippen molar-refractivity contribution in [2.45, 2.75) is 19.8 Å². The average Bonchev–Trinajstić information content (AvgIpc) is 2.38. The van der Waals surface area contributed by atoms with Crippen LogP contribution in [0.25, 0.3) is 0 Å². The van der Waals surface area contributed by atoms with E-state index in [1.165, 1.54) is 0 Å². The molecule has 2 amide bonds. The minimum absolute atomic E-state index is 0.0858. The molecule has 0 saturated carbocycles. The molecule has 19 heavy (non-hydrogen) atoms. The van der Waals surface area contributed by atoms with E-state index in [4.69, 9.17) is 11.6 Å². The molecule has 0 fully saturated rings. The normalized spacial score (nSPS) is 23.6. The molecule has 1 N–H and O–H groups in total. The number of halogens is 1. The van der Waals surface area contributed by atoms with Gasteiger partial charge in [0.1, 0.15) is 5.88 Å². The van der Waals surface area contributed by atoms with Gasteiger partial charge in [0, 0.05) is 17.7 Å². The van der Waals surface area contributed by atoms with Crippen LogP contribution in [0.1, 0.15) is 19.8 Å². The third-order valence-electron chi connectivity index (χ3n) is 2.99. The van der Waals surface area contributed by atoms with Gasteiger partial charge in [0.05, 0.1) is 5.71 Å². The first-order chi connectivity index (χ1) is 9.13. The van der Waals surface area contributed by atoms with Gasteiger partial charge in [-0.15, -0.1) is 11.6 Å². The van der Waals surface area contributed by atoms with Crippen molar-refractivity contribution in [3.8, 4) is 0 Å². The topological polar surface area (TPSA) is 58.5 Å². The van der Waals surface area contributed by atoms with E-state index in [1.807, 2.05) is 6.08 Å². The number of aliphatic imine (C=N–C) groups is 1. The molecule has 1 aliphatic heterocycles. The molecular formula is C14H15ClN2O2. The Bertz CT molecular complexity index is 530. The Kier molecular flexibility index (Phi) is 4.32. The van der Waals surface area contributed by atoms with Crippen molar-refractivity contribution >= 4 is 29.1 Å². The van der Waals surface area contributed by atoms with E-state index in [1.54, 1.807) is 18.2 Å². The van der Waals surface area contributed by atoms with Crippen molar-refractivity contribution in [1.29, 1.82) is 0 Å². The minimum Gasteiger partial charge on any atom is -0.325 e. The fourth-order valence-electron chi connectivity index (χ4n) is 2.23. The number of nitrogens with one attached hydrogen (secondary N) is 1. The number of nitrogens with zero attached hydrogens (tertiary/aromatic N) is 1. The van der Waals surface area contributed by atoms with Crippen molar-refractivity contribution in [3.63, 3.8) is 0 Å². The largest absolute Gasteiger partial charge is 0.325 e. The molecule has 4 nitrogen and oxygen atoms in total. The molecule has 5 heteroatoms. The summed E-state index contributed by atoms with van der Waals surface area (Å²) < 4.78 is 0. The molecule has 0 aromatic carbocycles. The van der Waals surface area contributed by atoms with Crippen LogP contribution in [-0.2, 0) is 9.59 Å². The number of fused-ring (bicyclic) bond motifs is 1. The number of carbonyl (C=O) groups excluding carboxylic acids is 2. The number of rotatable bonds is 3. The molecule has 0 aromatic rings. The van der Waals surface area contributed by atoms with Gasteiger partial charge in [-0.3, -0.25) is 9.59 Å². The third-order valence-corrected chi connectivity index (χ3v) is 3.22. The van der Waals surface area contributed by atoms with Crippen LogP contribution in [0, 0.1) is 5.92 Å². The highest BCUT2D eigenvalue weighted by molar-refractivity contribution is 6.28. The Labute approximate surface area is 116 Å². The summed E-state index contributed by atoms with van der Waals surface area (Å²) in [7, 11) is 0. The van der Waals surface area contributed by atoms with Gasteiger partial charge in [-0.05, 0) is 18.6 Å². The van der Waals surface area contributed by atoms with Gasteiger partial charge in [-0.25, -0.2) is 4.99 Å². The molecule has 1 unspecified atom stereocenters. The summed E-state index contributed by atoms with van der Waals surface area (Å²) in [6.45, 7) is 2.08. The zero-order valence-electron chi connectivity index (χ0n) is 10.6. The quantitative estimate of drug-likeness (QED) is 0.804. The number of hydrogen-bond donors (Lipinski definition) is 1. The first-order valence-electron chi connectivity index (χ1n) is 6.22. The zero-order chi connectivity index (χ0) is 13.8. The monoisotopic (exact) mass is 278 g/mol. The molecule has 1 aliphatic carbocycles. The van der Waals surface area contributed by atoms with E-state index in [-0.39, 0.29) is 23.6 Å². The average molecular weight is 279 g/mol. The Morgan fingerprint density at radius 3 is 2.95 bits per heavy atom. The molecule has 2 rings (SSSR count). The zero-order valence-corrected chi connectivity index (χ0v) is 11.4. The van der Waals surface area contributed by atoms with Crippen LogP contribution in [0.15, 0.2) is 40.6 Å². The van der Waals surface area contributed by atoms with Crippen LogP contribution in [0.2, 0.25) is 0 Å². The fraction of sp³-hybridized carbons (Fsp3) is 0.357. The summed E-state index contributed by atoms with van der Waals surface area (Å²) in [5, 5.41) is 2.80. The lowest BCUT2D eigenvalue weighted by Gasteiger charge is -2.27. The summed E-state index contributed by atoms with van der Waals surface area (Å²) in [5.74, 6) is -0.563. The van der Waals surface area contributed by atoms with Crippen LogP contribution >= 0.6 is 11.6 Å². The van der Waals surface area contributed by atoms with E-state index >= 15 is 0 Å². The second-order valence-corrected chi connectivity index (χ2v) is 4.73. The second kappa shape index (κ2) is 5.97. The highest BCUT2D eigenvalue weighted by Gasteiger charge is 2.25. The first-order valence-corrected chi connectivity index (χ1v) is 6.76. The number of carbonyl (C=O) groups is 2. The fourth-order valence-corrected chi connectivity index (χ4v) is 2.29. The predicted molar refractivity (Wildman–Crippen MR) is 75.0 cm³/mol. The molecule has 100 valence electrons. The Morgan fingerprint density at radius 2 is 2.26 bits per heavy atom. The van der Waals surface area contributed by atoms with E-state index in [0.29, 0.717) is 5.71 Å². The van der Waals surface area contributed by atoms with Gasteiger partial charge < -0.3 is 5.32 Å². The Hall–Kier alpha value is -1.68. The van der Waals surface area contributed by atoms with Crippen LogP contribution in [0.5, 0.6) is 0 Å². The SMILES string of the molecule is CCCC1=CC(=O)NC2=CC(=NC(=O)CCl)C=CC12. The summed E-state index contributed by atoms with van der Waals surface area (Å²) in [5.41, 5.74) is 2.39. The Morgan fingerprint density at radius 1 is 1.47 bits per heavy atom. The van der Waals surface area contributed by atoms with Crippen molar-refractivity contribution in [3.05, 3.63) is 35.6 Å². The summed E-state index contributed by atoms with van der Waals surface area (Å²) in [6.07, 6.45) is 9.00. The maximum Gasteiger partial charge on any atom is 0.261 e. The van der Waals surface area contributed by atoms with Crippen LogP contribution in [0.4, 0.5) is 0 Å². The summed E-state index contributed by atoms with van der Waals surface area (Å²) in [6, 6.07) is 0. The van der Waals surface area contributed by atoms with Crippen LogP contribution < -0.4 is 5.32 Å². The lowest BCUT2D eigenvalue weighted by Crippen LogP contribution is -2.33. The number of amides is 2. The van der Waals surface area contributed by atoms with E-state index < -0.39 is 0 Å². The number of allylic oxidation sites excluding steroid dienone is 3. The van der Waals surface area contributed by atoms with Crippen LogP contribution in [-0.4, -0.2) is 23.4 Å². The highest BCUT2D eigenvalue weighted by atomic mass is 35.5. The van der Waals surface area contributed by atoms with Crippen molar-refractivity contribution in [2.24, 2.45) is 10.9 Å². The second-order valence-electron chi connectivity index (χ2n) is 4.46. The van der Waals surface area contributed by atoms with Crippen molar-refractivity contribution in [1.82, 2.24) is 5.32 Å². The molecule has 0 bridgehead atoms. The maximum absolute atomic E-state index is 11.6. The lowest BCUT2D eigenvalue weighted by atomic mass is 9.85. The molecule has 0 spiro atoms. The van der Waals surface area contributed by atoms with Gasteiger partial charge in [0.25, 0.3) is 5.91 Å². The van der Waals surface area contributed by atoms with Gasteiger partial charge in [0.2, 0.25) is 5.91 Å². The molecule has 0 aromatic heterocycles. The highest BCUT2D eigenvalue weighted by Crippen LogP contribution is 2.29. The van der Waals surface area contributed by atoms with Gasteiger partial charge >= 0.3 is 0 Å². The van der Waals surface area contributed by atoms with E-state index in [0.717, 1.165) is 24.1 Å². The lowest BCUT2D eigenvalue weighted by molar-refractivity contribution is -0.116. The molecule has 1 heterocycles. The van der Waals surface area contributed by atoms with Crippen molar-refractivity contribution < 1.29 is 9.59 Å². The summed E-state index contributed by atoms with van der Waals surface area (Å²) >= 11 is 5.42. The molecular weight excluding hydrogens is 264 g/mol. The van der Waals surface area contributed by atoms with Crippen LogP contribution in [0.3, 0.4) is 0 Å². The van der Waals surface area contributed by atoms with E-state index in [2.05, 4.69) is 17.2 Å². The maximum atomic E-state index is 11.6. The standard InChI is InChI=1S/C14H15ClN2O2/c1-2-3-9-6-13(18)17-12-7-10(4-5-11(9)12)16-14(19)8-15/h4-7,11H,2-3,8H2,1H3,(H,17,18). The van der Waals surface area contributed by atoms with E-state index in [9.17, 15) is 9.59 Å².